The van der Waals surface area contributed by atoms with Crippen molar-refractivity contribution in [2.45, 2.75) is 37.6 Å². The third-order valence-electron chi connectivity index (χ3n) is 5.29. The van der Waals surface area contributed by atoms with E-state index in [1.807, 2.05) is 0 Å². The van der Waals surface area contributed by atoms with Crippen molar-refractivity contribution in [3.05, 3.63) is 35.9 Å². The summed E-state index contributed by atoms with van der Waals surface area (Å²) in [7, 11) is 0. The van der Waals surface area contributed by atoms with Gasteiger partial charge >= 0.3 is 0 Å². The first-order valence-electron chi connectivity index (χ1n) is 8.43. The number of likely N-dealkylation sites (tertiary alicyclic amines) is 1. The standard InChI is InChI=1S/C18H28N2O.ClH/c21-15-18(12-16-6-2-1-3-7-16)9-5-11-20(18)14-17-8-4-10-19-13-17;/h1-3,6-7,17,19,21H,4-5,8-15H2;1H. The van der Waals surface area contributed by atoms with Crippen molar-refractivity contribution in [1.29, 1.82) is 0 Å². The molecular weight excluding hydrogens is 296 g/mol. The molecule has 3 rings (SSSR count). The fourth-order valence-corrected chi connectivity index (χ4v) is 4.08. The molecule has 3 nitrogen and oxygen atoms in total. The number of rotatable bonds is 5. The summed E-state index contributed by atoms with van der Waals surface area (Å²) < 4.78 is 0. The smallest absolute Gasteiger partial charge is 0.0618 e. The molecule has 2 unspecified atom stereocenters. The van der Waals surface area contributed by atoms with Gasteiger partial charge in [0.15, 0.2) is 0 Å². The van der Waals surface area contributed by atoms with Crippen LogP contribution < -0.4 is 5.32 Å². The van der Waals surface area contributed by atoms with Crippen LogP contribution in [0.15, 0.2) is 30.3 Å². The first kappa shape index (κ1) is 17.7. The topological polar surface area (TPSA) is 35.5 Å². The molecule has 0 amide bonds. The van der Waals surface area contributed by atoms with E-state index < -0.39 is 0 Å². The van der Waals surface area contributed by atoms with Crippen LogP contribution in [0.3, 0.4) is 0 Å². The fraction of sp³-hybridized carbons (Fsp3) is 0.667. The van der Waals surface area contributed by atoms with Crippen LogP contribution in [0, 0.1) is 5.92 Å². The molecule has 1 aromatic rings. The minimum atomic E-state index is -0.0290. The second-order valence-corrected chi connectivity index (χ2v) is 6.81. The van der Waals surface area contributed by atoms with Crippen molar-refractivity contribution in [1.82, 2.24) is 10.2 Å². The van der Waals surface area contributed by atoms with Gasteiger partial charge in [0, 0.05) is 12.1 Å². The lowest BCUT2D eigenvalue weighted by Crippen LogP contribution is -2.51. The Bertz CT molecular complexity index is 436. The number of aliphatic hydroxyl groups is 1. The quantitative estimate of drug-likeness (QED) is 0.873. The molecule has 0 spiro atoms. The molecule has 0 radical (unpaired) electrons. The van der Waals surface area contributed by atoms with Gasteiger partial charge in [-0.2, -0.15) is 0 Å². The number of halogens is 1. The molecule has 2 heterocycles. The summed E-state index contributed by atoms with van der Waals surface area (Å²) in [4.78, 5) is 2.58. The van der Waals surface area contributed by atoms with E-state index in [0.717, 1.165) is 38.4 Å². The molecule has 0 saturated carbocycles. The maximum atomic E-state index is 10.1. The zero-order chi connectivity index (χ0) is 14.5. The van der Waals surface area contributed by atoms with Gasteiger partial charge in [0.05, 0.1) is 6.61 Å². The summed E-state index contributed by atoms with van der Waals surface area (Å²) in [5.74, 6) is 0.749. The SMILES string of the molecule is Cl.OCC1(Cc2ccccc2)CCCN1CC1CCCNC1. The Morgan fingerprint density at radius 2 is 2.05 bits per heavy atom. The maximum Gasteiger partial charge on any atom is 0.0618 e. The van der Waals surface area contributed by atoms with Crippen molar-refractivity contribution >= 4 is 12.4 Å². The molecule has 2 aliphatic heterocycles. The predicted molar refractivity (Wildman–Crippen MR) is 93.6 cm³/mol. The lowest BCUT2D eigenvalue weighted by Gasteiger charge is -2.40. The van der Waals surface area contributed by atoms with E-state index in [9.17, 15) is 5.11 Å². The monoisotopic (exact) mass is 324 g/mol. The number of piperidine rings is 1. The highest BCUT2D eigenvalue weighted by Crippen LogP contribution is 2.33. The van der Waals surface area contributed by atoms with Crippen molar-refractivity contribution < 1.29 is 5.11 Å². The summed E-state index contributed by atoms with van der Waals surface area (Å²) in [6.45, 7) is 4.88. The minimum absolute atomic E-state index is 0. The van der Waals surface area contributed by atoms with Gasteiger partial charge in [-0.1, -0.05) is 30.3 Å². The van der Waals surface area contributed by atoms with Crippen molar-refractivity contribution in [2.75, 3.05) is 32.8 Å². The normalized spacial score (nSPS) is 29.2. The average molecular weight is 325 g/mol. The fourth-order valence-electron chi connectivity index (χ4n) is 4.08. The number of benzene rings is 1. The lowest BCUT2D eigenvalue weighted by atomic mass is 9.87. The van der Waals surface area contributed by atoms with E-state index in [0.29, 0.717) is 0 Å². The highest BCUT2D eigenvalue weighted by molar-refractivity contribution is 5.85. The number of hydrogen-bond acceptors (Lipinski definition) is 3. The van der Waals surface area contributed by atoms with Crippen LogP contribution in [-0.4, -0.2) is 48.3 Å². The summed E-state index contributed by atoms with van der Waals surface area (Å²) in [6, 6.07) is 10.6. The largest absolute Gasteiger partial charge is 0.394 e. The zero-order valence-corrected chi connectivity index (χ0v) is 14.2. The Hall–Kier alpha value is -0.610. The van der Waals surface area contributed by atoms with Crippen molar-refractivity contribution in [3.63, 3.8) is 0 Å². The molecule has 4 heteroatoms. The van der Waals surface area contributed by atoms with Crippen molar-refractivity contribution in [2.24, 2.45) is 5.92 Å². The zero-order valence-electron chi connectivity index (χ0n) is 13.3. The maximum absolute atomic E-state index is 10.1. The third-order valence-corrected chi connectivity index (χ3v) is 5.29. The lowest BCUT2D eigenvalue weighted by molar-refractivity contribution is 0.0488. The summed E-state index contributed by atoms with van der Waals surface area (Å²) in [6.07, 6.45) is 5.94. The molecule has 0 aromatic heterocycles. The second-order valence-electron chi connectivity index (χ2n) is 6.81. The van der Waals surface area contributed by atoms with Gasteiger partial charge in [0.25, 0.3) is 0 Å². The summed E-state index contributed by atoms with van der Waals surface area (Å²) in [5, 5.41) is 13.6. The van der Waals surface area contributed by atoms with E-state index in [1.54, 1.807) is 0 Å². The highest BCUT2D eigenvalue weighted by atomic mass is 35.5. The second kappa shape index (κ2) is 8.30. The third kappa shape index (κ3) is 4.02. The molecule has 22 heavy (non-hydrogen) atoms. The molecule has 2 saturated heterocycles. The first-order chi connectivity index (χ1) is 10.3. The molecule has 2 fully saturated rings. The Morgan fingerprint density at radius 3 is 2.73 bits per heavy atom. The highest BCUT2D eigenvalue weighted by Gasteiger charge is 2.41. The van der Waals surface area contributed by atoms with Gasteiger partial charge < -0.3 is 10.4 Å². The molecule has 1 aromatic carbocycles. The van der Waals surface area contributed by atoms with Crippen LogP contribution in [0.5, 0.6) is 0 Å². The molecule has 124 valence electrons. The molecule has 2 N–H and O–H groups in total. The first-order valence-corrected chi connectivity index (χ1v) is 8.43. The van der Waals surface area contributed by atoms with Gasteiger partial charge in [0.1, 0.15) is 0 Å². The number of nitrogens with one attached hydrogen (secondary N) is 1. The van der Waals surface area contributed by atoms with Gasteiger partial charge in [-0.05, 0) is 63.2 Å². The van der Waals surface area contributed by atoms with Crippen LogP contribution in [0.1, 0.15) is 31.2 Å². The van der Waals surface area contributed by atoms with E-state index in [-0.39, 0.29) is 24.6 Å². The van der Waals surface area contributed by atoms with Gasteiger partial charge in [0.2, 0.25) is 0 Å². The molecule has 2 atom stereocenters. The summed E-state index contributed by atoms with van der Waals surface area (Å²) in [5.41, 5.74) is 1.32. The Kier molecular flexibility index (Phi) is 6.69. The number of hydrogen-bond donors (Lipinski definition) is 2. The number of nitrogens with zero attached hydrogens (tertiary/aromatic N) is 1. The molecule has 0 aliphatic carbocycles. The molecule has 0 bridgehead atoms. The van der Waals surface area contributed by atoms with Crippen LogP contribution in [0.25, 0.3) is 0 Å². The van der Waals surface area contributed by atoms with E-state index in [2.05, 4.69) is 40.5 Å². The van der Waals surface area contributed by atoms with Crippen LogP contribution in [-0.2, 0) is 6.42 Å². The van der Waals surface area contributed by atoms with E-state index in [4.69, 9.17) is 0 Å². The number of aliphatic hydroxyl groups excluding tert-OH is 1. The van der Waals surface area contributed by atoms with Gasteiger partial charge in [-0.15, -0.1) is 12.4 Å². The van der Waals surface area contributed by atoms with E-state index >= 15 is 0 Å². The Morgan fingerprint density at radius 1 is 1.23 bits per heavy atom. The van der Waals surface area contributed by atoms with Gasteiger partial charge in [-0.3, -0.25) is 4.90 Å². The minimum Gasteiger partial charge on any atom is -0.394 e. The Labute approximate surface area is 140 Å². The molecular formula is C18H29ClN2O. The van der Waals surface area contributed by atoms with Crippen molar-refractivity contribution in [3.8, 4) is 0 Å². The van der Waals surface area contributed by atoms with E-state index in [1.165, 1.54) is 31.4 Å². The van der Waals surface area contributed by atoms with Crippen LogP contribution in [0.4, 0.5) is 0 Å². The van der Waals surface area contributed by atoms with Crippen LogP contribution in [0.2, 0.25) is 0 Å². The summed E-state index contributed by atoms with van der Waals surface area (Å²) >= 11 is 0. The predicted octanol–water partition coefficient (Wildman–Crippen LogP) is 2.48. The average Bonchev–Trinajstić information content (AvgIpc) is 2.92. The van der Waals surface area contributed by atoms with Gasteiger partial charge in [-0.25, -0.2) is 0 Å². The van der Waals surface area contributed by atoms with Crippen LogP contribution >= 0.6 is 12.4 Å². The Balaban J connectivity index is 0.00000176. The molecule has 2 aliphatic rings.